The number of benzene rings is 2. The third kappa shape index (κ3) is 6.91. The maximum absolute atomic E-state index is 14.0. The number of sulfonamides is 1. The van der Waals surface area contributed by atoms with E-state index in [1.807, 2.05) is 0 Å². The van der Waals surface area contributed by atoms with Gasteiger partial charge in [-0.15, -0.1) is 11.3 Å². The van der Waals surface area contributed by atoms with Crippen molar-refractivity contribution in [2.75, 3.05) is 38.2 Å². The molecule has 0 radical (unpaired) electrons. The summed E-state index contributed by atoms with van der Waals surface area (Å²) >= 11 is 4.52. The van der Waals surface area contributed by atoms with Crippen molar-refractivity contribution in [2.24, 2.45) is 0 Å². The first-order valence-electron chi connectivity index (χ1n) is 12.7. The highest BCUT2D eigenvalue weighted by Gasteiger charge is 2.34. The van der Waals surface area contributed by atoms with E-state index >= 15 is 0 Å². The van der Waals surface area contributed by atoms with Crippen LogP contribution in [0.1, 0.15) is 28.1 Å². The molecule has 0 saturated carbocycles. The summed E-state index contributed by atoms with van der Waals surface area (Å²) < 4.78 is 44.9. The lowest BCUT2D eigenvalue weighted by Gasteiger charge is -2.35. The van der Waals surface area contributed by atoms with Gasteiger partial charge in [-0.1, -0.05) is 30.3 Å². The number of halogens is 1. The molecule has 1 aromatic heterocycles. The van der Waals surface area contributed by atoms with E-state index in [-0.39, 0.29) is 27.9 Å². The number of methoxy groups -OCH3 is 2. The average Bonchev–Trinajstić information content (AvgIpc) is 3.31. The van der Waals surface area contributed by atoms with Crippen LogP contribution in [0, 0.1) is 10.1 Å². The van der Waals surface area contributed by atoms with E-state index in [1.54, 1.807) is 30.3 Å². The Labute approximate surface area is 254 Å². The van der Waals surface area contributed by atoms with Crippen LogP contribution >= 0.6 is 27.3 Å². The van der Waals surface area contributed by atoms with Crippen LogP contribution in [0.2, 0.25) is 0 Å². The van der Waals surface area contributed by atoms with Gasteiger partial charge in [0.25, 0.3) is 5.69 Å². The topological polar surface area (TPSA) is 154 Å². The van der Waals surface area contributed by atoms with E-state index in [4.69, 9.17) is 9.47 Å². The lowest BCUT2D eigenvalue weighted by Crippen LogP contribution is -2.46. The second-order valence-electron chi connectivity index (χ2n) is 9.23. The van der Waals surface area contributed by atoms with Gasteiger partial charge >= 0.3 is 11.9 Å². The minimum atomic E-state index is -4.09. The van der Waals surface area contributed by atoms with Crippen LogP contribution in [0.3, 0.4) is 0 Å². The summed E-state index contributed by atoms with van der Waals surface area (Å²) in [5.41, 5.74) is 0.767. The monoisotopic (exact) mass is 681 g/mol. The number of nitro benzene ring substituents is 1. The molecule has 0 atom stereocenters. The number of rotatable bonds is 11. The Bertz CT molecular complexity index is 1590. The summed E-state index contributed by atoms with van der Waals surface area (Å²) in [4.78, 5) is 35.9. The van der Waals surface area contributed by atoms with Crippen LogP contribution in [0.4, 0.5) is 11.4 Å². The molecule has 3 aromatic rings. The minimum absolute atomic E-state index is 0.0914. The fraction of sp³-hybridized carbons (Fsp3) is 0.333. The highest BCUT2D eigenvalue weighted by molar-refractivity contribution is 9.10. The number of thiophene rings is 1. The predicted molar refractivity (Wildman–Crippen MR) is 160 cm³/mol. The van der Waals surface area contributed by atoms with Crippen LogP contribution < -0.4 is 14.4 Å². The Kier molecular flexibility index (Phi) is 10.2. The molecule has 1 fully saturated rings. The van der Waals surface area contributed by atoms with Crippen LogP contribution in [0.15, 0.2) is 53.0 Å². The van der Waals surface area contributed by atoms with E-state index in [1.165, 1.54) is 36.7 Å². The molecule has 0 bridgehead atoms. The third-order valence-corrected chi connectivity index (χ3v) is 10.6. The first-order valence-corrected chi connectivity index (χ1v) is 15.9. The smallest absolute Gasteiger partial charge is 0.351 e. The van der Waals surface area contributed by atoms with Gasteiger partial charge in [0.1, 0.15) is 5.75 Å². The van der Waals surface area contributed by atoms with Gasteiger partial charge < -0.3 is 19.5 Å². The van der Waals surface area contributed by atoms with Crippen LogP contribution in [-0.4, -0.2) is 65.2 Å². The summed E-state index contributed by atoms with van der Waals surface area (Å²) in [5, 5.41) is 14.8. The van der Waals surface area contributed by atoms with Crippen molar-refractivity contribution < 1.29 is 37.1 Å². The molecule has 2 aromatic carbocycles. The normalized spacial score (nSPS) is 13.8. The van der Waals surface area contributed by atoms with E-state index in [0.29, 0.717) is 46.5 Å². The van der Waals surface area contributed by atoms with Crippen LogP contribution in [0.5, 0.6) is 5.75 Å². The third-order valence-electron chi connectivity index (χ3n) is 6.57. The van der Waals surface area contributed by atoms with Gasteiger partial charge in [0.15, 0.2) is 17.2 Å². The molecule has 42 heavy (non-hydrogen) atoms. The molecule has 12 nitrogen and oxygen atoms in total. The zero-order valence-corrected chi connectivity index (χ0v) is 25.9. The van der Waals surface area contributed by atoms with Crippen molar-refractivity contribution in [3.05, 3.63) is 73.6 Å². The highest BCUT2D eigenvalue weighted by Crippen LogP contribution is 2.47. The number of hydrogen-bond donors (Lipinski definition) is 1. The number of anilines is 1. The molecule has 2 heterocycles. The zero-order chi connectivity index (χ0) is 30.4. The Hall–Kier alpha value is -3.53. The van der Waals surface area contributed by atoms with Gasteiger partial charge in [-0.3, -0.25) is 14.4 Å². The number of nitrogens with one attached hydrogen (secondary N) is 1. The maximum Gasteiger partial charge on any atom is 0.351 e. The van der Waals surface area contributed by atoms with Gasteiger partial charge in [0.2, 0.25) is 10.0 Å². The lowest BCUT2D eigenvalue weighted by molar-refractivity contribution is -0.385. The van der Waals surface area contributed by atoms with Crippen molar-refractivity contribution in [1.29, 1.82) is 0 Å². The van der Waals surface area contributed by atoms with E-state index in [0.717, 1.165) is 11.3 Å². The fourth-order valence-electron chi connectivity index (χ4n) is 4.63. The van der Waals surface area contributed by atoms with Crippen LogP contribution in [-0.2, 0) is 30.0 Å². The van der Waals surface area contributed by atoms with Crippen molar-refractivity contribution in [2.45, 2.75) is 24.6 Å². The molecule has 0 aliphatic carbocycles. The van der Waals surface area contributed by atoms with Crippen molar-refractivity contribution >= 4 is 60.6 Å². The van der Waals surface area contributed by atoms with E-state index in [9.17, 15) is 28.1 Å². The molecule has 224 valence electrons. The van der Waals surface area contributed by atoms with Crippen LogP contribution in [0.25, 0.3) is 10.4 Å². The SMILES string of the molecule is COC(=O)COc1c(C(=O)OC)sc(-c2cccc(N(C3CCNCC3)S(=O)(=O)Cc3ccccc3[N+](=O)[O-])c2)c1Br. The number of piperidine rings is 1. The molecule has 0 amide bonds. The molecule has 1 aliphatic rings. The lowest BCUT2D eigenvalue weighted by atomic mass is 10.1. The molecular weight excluding hydrogens is 654 g/mol. The number of nitrogens with zero attached hydrogens (tertiary/aromatic N) is 2. The van der Waals surface area contributed by atoms with Crippen molar-refractivity contribution in [1.82, 2.24) is 5.32 Å². The Balaban J connectivity index is 1.78. The largest absolute Gasteiger partial charge is 0.479 e. The predicted octanol–water partition coefficient (Wildman–Crippen LogP) is 4.51. The zero-order valence-electron chi connectivity index (χ0n) is 22.7. The Morgan fingerprint density at radius 3 is 2.50 bits per heavy atom. The summed E-state index contributed by atoms with van der Waals surface area (Å²) in [5.74, 6) is -1.78. The number of carbonyl (C=O) groups is 2. The highest BCUT2D eigenvalue weighted by atomic mass is 79.9. The van der Waals surface area contributed by atoms with Gasteiger partial charge in [0.05, 0.1) is 34.2 Å². The number of carbonyl (C=O) groups excluding carboxylic acids is 2. The maximum atomic E-state index is 14.0. The second kappa shape index (κ2) is 13.6. The molecule has 1 saturated heterocycles. The number of ether oxygens (including phenoxy) is 3. The average molecular weight is 683 g/mol. The first-order chi connectivity index (χ1) is 20.1. The number of para-hydroxylation sites is 1. The number of hydrogen-bond acceptors (Lipinski definition) is 11. The number of nitro groups is 1. The molecule has 0 spiro atoms. The number of esters is 2. The Morgan fingerprint density at radius 1 is 1.12 bits per heavy atom. The molecule has 0 unspecified atom stereocenters. The van der Waals surface area contributed by atoms with E-state index in [2.05, 4.69) is 26.0 Å². The minimum Gasteiger partial charge on any atom is -0.479 e. The molecule has 1 N–H and O–H groups in total. The van der Waals surface area contributed by atoms with Gasteiger partial charge in [-0.25, -0.2) is 18.0 Å². The summed E-state index contributed by atoms with van der Waals surface area (Å²) in [6, 6.07) is 12.2. The second-order valence-corrected chi connectivity index (χ2v) is 12.9. The van der Waals surface area contributed by atoms with Gasteiger partial charge in [-0.05, 0) is 59.6 Å². The first kappa shape index (κ1) is 31.4. The Morgan fingerprint density at radius 2 is 1.83 bits per heavy atom. The standard InChI is InChI=1S/C27H28BrN3O9S2/c1-38-22(32)15-40-24-23(28)25(41-26(24)27(33)39-2)17-7-5-8-20(14-17)30(19-10-12-29-13-11-19)42(36,37)16-18-6-3-4-9-21(18)31(34)35/h3-9,14,19,29H,10-13,15-16H2,1-2H3. The van der Waals surface area contributed by atoms with Gasteiger partial charge in [-0.2, -0.15) is 0 Å². The fourth-order valence-corrected chi connectivity index (χ4v) is 8.47. The van der Waals surface area contributed by atoms with Crippen molar-refractivity contribution in [3.63, 3.8) is 0 Å². The quantitative estimate of drug-likeness (QED) is 0.174. The summed E-state index contributed by atoms with van der Waals surface area (Å²) in [6.45, 7) is 0.784. The molecule has 15 heteroatoms. The van der Waals surface area contributed by atoms with E-state index < -0.39 is 39.2 Å². The molecule has 4 rings (SSSR count). The molecular formula is C27H28BrN3O9S2. The summed E-state index contributed by atoms with van der Waals surface area (Å²) in [7, 11) is -1.66. The van der Waals surface area contributed by atoms with Gasteiger partial charge in [0, 0.05) is 17.7 Å². The summed E-state index contributed by atoms with van der Waals surface area (Å²) in [6.07, 6.45) is 1.09. The van der Waals surface area contributed by atoms with Crippen molar-refractivity contribution in [3.8, 4) is 16.2 Å². The molecule has 1 aliphatic heterocycles.